The summed E-state index contributed by atoms with van der Waals surface area (Å²) in [6.45, 7) is 6.16. The van der Waals surface area contributed by atoms with Crippen molar-refractivity contribution in [3.8, 4) is 0 Å². The van der Waals surface area contributed by atoms with Gasteiger partial charge in [0, 0.05) is 0 Å². The molecule has 0 aliphatic carbocycles. The van der Waals surface area contributed by atoms with Gasteiger partial charge in [0.05, 0.1) is 12.5 Å². The van der Waals surface area contributed by atoms with E-state index in [-0.39, 0.29) is 24.2 Å². The van der Waals surface area contributed by atoms with E-state index in [1.54, 1.807) is 18.2 Å². The van der Waals surface area contributed by atoms with Crippen molar-refractivity contribution in [3.63, 3.8) is 0 Å². The predicted molar refractivity (Wildman–Crippen MR) is 87.2 cm³/mol. The first-order valence-corrected chi connectivity index (χ1v) is 7.61. The quantitative estimate of drug-likeness (QED) is 0.878. The zero-order valence-corrected chi connectivity index (χ0v) is 13.3. The Bertz CT molecular complexity index is 666. The fourth-order valence-electron chi connectivity index (χ4n) is 2.46. The number of nitrogens with one attached hydrogen (secondary N) is 1. The molecule has 0 aromatic heterocycles. The van der Waals surface area contributed by atoms with Crippen LogP contribution in [0.4, 0.5) is 4.39 Å². The molecule has 116 valence electrons. The summed E-state index contributed by atoms with van der Waals surface area (Å²) >= 11 is 0. The Kier molecular flexibility index (Phi) is 5.31. The summed E-state index contributed by atoms with van der Waals surface area (Å²) in [5.41, 5.74) is 3.96. The Balaban J connectivity index is 2.08. The zero-order valence-electron chi connectivity index (χ0n) is 13.3. The highest BCUT2D eigenvalue weighted by molar-refractivity contribution is 5.79. The van der Waals surface area contributed by atoms with E-state index >= 15 is 0 Å². The lowest BCUT2D eigenvalue weighted by Crippen LogP contribution is -2.29. The third-order valence-corrected chi connectivity index (χ3v) is 3.99. The molecular formula is C19H22FNO. The molecule has 1 N–H and O–H groups in total. The van der Waals surface area contributed by atoms with Crippen LogP contribution in [-0.2, 0) is 11.2 Å². The van der Waals surface area contributed by atoms with Crippen LogP contribution >= 0.6 is 0 Å². The van der Waals surface area contributed by atoms with Gasteiger partial charge in [0.25, 0.3) is 0 Å². The normalized spacial score (nSPS) is 12.0. The SMILES string of the molecule is CC[C@H](NC(=O)Cc1ccccc1F)c1ccc(C)c(C)c1. The van der Waals surface area contributed by atoms with Crippen LogP contribution in [0.15, 0.2) is 42.5 Å². The molecule has 0 saturated heterocycles. The van der Waals surface area contributed by atoms with E-state index in [0.717, 1.165) is 12.0 Å². The van der Waals surface area contributed by atoms with Gasteiger partial charge in [-0.1, -0.05) is 43.3 Å². The van der Waals surface area contributed by atoms with Crippen molar-refractivity contribution in [2.75, 3.05) is 0 Å². The van der Waals surface area contributed by atoms with Crippen molar-refractivity contribution >= 4 is 5.91 Å². The molecule has 3 heteroatoms. The third-order valence-electron chi connectivity index (χ3n) is 3.99. The Morgan fingerprint density at radius 1 is 1.14 bits per heavy atom. The molecule has 0 bridgehead atoms. The number of hydrogen-bond donors (Lipinski definition) is 1. The van der Waals surface area contributed by atoms with Crippen LogP contribution in [-0.4, -0.2) is 5.91 Å². The van der Waals surface area contributed by atoms with Crippen LogP contribution in [0.25, 0.3) is 0 Å². The molecule has 0 unspecified atom stereocenters. The van der Waals surface area contributed by atoms with Gasteiger partial charge in [-0.15, -0.1) is 0 Å². The van der Waals surface area contributed by atoms with Crippen LogP contribution in [0.2, 0.25) is 0 Å². The largest absolute Gasteiger partial charge is 0.349 e. The molecule has 0 saturated carbocycles. The summed E-state index contributed by atoms with van der Waals surface area (Å²) < 4.78 is 13.6. The predicted octanol–water partition coefficient (Wildman–Crippen LogP) is 4.25. The second-order valence-electron chi connectivity index (χ2n) is 5.64. The first kappa shape index (κ1) is 16.2. The van der Waals surface area contributed by atoms with Gasteiger partial charge in [-0.25, -0.2) is 4.39 Å². The van der Waals surface area contributed by atoms with E-state index < -0.39 is 0 Å². The highest BCUT2D eigenvalue weighted by atomic mass is 19.1. The smallest absolute Gasteiger partial charge is 0.225 e. The van der Waals surface area contributed by atoms with E-state index in [9.17, 15) is 9.18 Å². The summed E-state index contributed by atoms with van der Waals surface area (Å²) in [5, 5.41) is 3.00. The lowest BCUT2D eigenvalue weighted by molar-refractivity contribution is -0.121. The summed E-state index contributed by atoms with van der Waals surface area (Å²) in [4.78, 5) is 12.2. The lowest BCUT2D eigenvalue weighted by atomic mass is 9.99. The van der Waals surface area contributed by atoms with E-state index in [1.165, 1.54) is 17.2 Å². The monoisotopic (exact) mass is 299 g/mol. The minimum absolute atomic E-state index is 0.0430. The van der Waals surface area contributed by atoms with Crippen LogP contribution in [0, 0.1) is 19.7 Å². The zero-order chi connectivity index (χ0) is 16.1. The molecule has 22 heavy (non-hydrogen) atoms. The summed E-state index contributed by atoms with van der Waals surface area (Å²) in [7, 11) is 0. The van der Waals surface area contributed by atoms with Crippen molar-refractivity contribution < 1.29 is 9.18 Å². The number of hydrogen-bond acceptors (Lipinski definition) is 1. The topological polar surface area (TPSA) is 29.1 Å². The standard InChI is InChI=1S/C19H22FNO/c1-4-18(16-10-9-13(2)14(3)11-16)21-19(22)12-15-7-5-6-8-17(15)20/h5-11,18H,4,12H2,1-3H3,(H,21,22)/t18-/m0/s1. The van der Waals surface area contributed by atoms with Crippen molar-refractivity contribution in [2.45, 2.75) is 39.7 Å². The van der Waals surface area contributed by atoms with E-state index in [1.807, 2.05) is 13.0 Å². The maximum Gasteiger partial charge on any atom is 0.225 e. The van der Waals surface area contributed by atoms with Gasteiger partial charge < -0.3 is 5.32 Å². The van der Waals surface area contributed by atoms with E-state index in [0.29, 0.717) is 5.56 Å². The highest BCUT2D eigenvalue weighted by Crippen LogP contribution is 2.20. The summed E-state index contributed by atoms with van der Waals surface area (Å²) in [6, 6.07) is 12.6. The van der Waals surface area contributed by atoms with Crippen LogP contribution in [0.3, 0.4) is 0 Å². The van der Waals surface area contributed by atoms with Gasteiger partial charge >= 0.3 is 0 Å². The fraction of sp³-hybridized carbons (Fsp3) is 0.316. The molecule has 2 rings (SSSR count). The third kappa shape index (κ3) is 3.94. The van der Waals surface area contributed by atoms with Crippen LogP contribution in [0.5, 0.6) is 0 Å². The number of benzene rings is 2. The number of aryl methyl sites for hydroxylation is 2. The van der Waals surface area contributed by atoms with E-state index in [4.69, 9.17) is 0 Å². The molecule has 0 fully saturated rings. The van der Waals surface area contributed by atoms with Gasteiger partial charge in [0.2, 0.25) is 5.91 Å². The maximum atomic E-state index is 13.6. The van der Waals surface area contributed by atoms with Crippen molar-refractivity contribution in [2.24, 2.45) is 0 Å². The lowest BCUT2D eigenvalue weighted by Gasteiger charge is -2.19. The van der Waals surface area contributed by atoms with Crippen molar-refractivity contribution in [1.82, 2.24) is 5.32 Å². The number of amides is 1. The Morgan fingerprint density at radius 2 is 1.86 bits per heavy atom. The van der Waals surface area contributed by atoms with Gasteiger partial charge in [0.1, 0.15) is 5.82 Å². The molecule has 1 atom stereocenters. The van der Waals surface area contributed by atoms with Gasteiger partial charge in [-0.05, 0) is 48.6 Å². The summed E-state index contributed by atoms with van der Waals surface area (Å²) in [5.74, 6) is -0.493. The molecule has 2 aromatic rings. The van der Waals surface area contributed by atoms with E-state index in [2.05, 4.69) is 31.3 Å². The first-order chi connectivity index (χ1) is 10.5. The molecule has 0 heterocycles. The Labute approximate surface area is 131 Å². The highest BCUT2D eigenvalue weighted by Gasteiger charge is 2.14. The molecule has 2 aromatic carbocycles. The molecule has 2 nitrogen and oxygen atoms in total. The van der Waals surface area contributed by atoms with Crippen LogP contribution < -0.4 is 5.32 Å². The number of carbonyl (C=O) groups is 1. The summed E-state index contributed by atoms with van der Waals surface area (Å²) in [6.07, 6.45) is 0.861. The minimum atomic E-state index is -0.336. The second kappa shape index (κ2) is 7.21. The number of halogens is 1. The molecule has 0 aliphatic rings. The average molecular weight is 299 g/mol. The Hall–Kier alpha value is -2.16. The van der Waals surface area contributed by atoms with Crippen molar-refractivity contribution in [3.05, 3.63) is 70.5 Å². The molecule has 1 amide bonds. The van der Waals surface area contributed by atoms with Crippen LogP contribution in [0.1, 0.15) is 41.6 Å². The van der Waals surface area contributed by atoms with Crippen molar-refractivity contribution in [1.29, 1.82) is 0 Å². The number of carbonyl (C=O) groups excluding carboxylic acids is 1. The van der Waals surface area contributed by atoms with Gasteiger partial charge in [-0.2, -0.15) is 0 Å². The van der Waals surface area contributed by atoms with Gasteiger partial charge in [-0.3, -0.25) is 4.79 Å². The fourth-order valence-corrected chi connectivity index (χ4v) is 2.46. The van der Waals surface area contributed by atoms with Gasteiger partial charge in [0.15, 0.2) is 0 Å². The number of rotatable bonds is 5. The molecular weight excluding hydrogens is 277 g/mol. The minimum Gasteiger partial charge on any atom is -0.349 e. The average Bonchev–Trinajstić information content (AvgIpc) is 2.50. The maximum absolute atomic E-state index is 13.6. The molecule has 0 spiro atoms. The molecule has 0 aliphatic heterocycles. The molecule has 0 radical (unpaired) electrons. The first-order valence-electron chi connectivity index (χ1n) is 7.61. The Morgan fingerprint density at radius 3 is 2.50 bits per heavy atom. The second-order valence-corrected chi connectivity index (χ2v) is 5.64.